The van der Waals surface area contributed by atoms with Crippen LogP contribution in [0.2, 0.25) is 0 Å². The largest absolute Gasteiger partial charge is 0.454 e. The first-order chi connectivity index (χ1) is 15.5. The number of aryl methyl sites for hydroxylation is 1. The second-order valence-electron chi connectivity index (χ2n) is 8.18. The number of fused-ring (bicyclic) bond motifs is 1. The lowest BCUT2D eigenvalue weighted by molar-refractivity contribution is -0.120. The molecular formula is C25H24N2O4S. The summed E-state index contributed by atoms with van der Waals surface area (Å²) in [6, 6.07) is 17.3. The van der Waals surface area contributed by atoms with Gasteiger partial charge in [-0.2, -0.15) is 0 Å². The normalized spacial score (nSPS) is 16.6. The van der Waals surface area contributed by atoms with Crippen LogP contribution in [0.15, 0.2) is 59.5 Å². The quantitative estimate of drug-likeness (QED) is 0.594. The van der Waals surface area contributed by atoms with Crippen LogP contribution in [-0.4, -0.2) is 28.8 Å². The van der Waals surface area contributed by atoms with Gasteiger partial charge in [-0.15, -0.1) is 0 Å². The number of carbonyl (C=O) groups excluding carboxylic acids is 1. The second kappa shape index (κ2) is 8.15. The van der Waals surface area contributed by atoms with Crippen molar-refractivity contribution >= 4 is 16.8 Å². The number of ether oxygens (including phenoxy) is 2. The fraction of sp³-hybridized carbons (Fsp3) is 0.280. The first-order valence-corrected chi connectivity index (χ1v) is 11.7. The van der Waals surface area contributed by atoms with E-state index in [4.69, 9.17) is 14.5 Å². The van der Waals surface area contributed by atoms with Gasteiger partial charge in [0.25, 0.3) is 0 Å². The molecule has 1 aromatic heterocycles. The molecule has 5 rings (SSSR count). The number of Topliss-reactive ketones (excluding diaryl/α,β-unsaturated/α-hetero) is 1. The predicted octanol–water partition coefficient (Wildman–Crippen LogP) is 3.87. The number of hydrogen-bond donors (Lipinski definition) is 1. The van der Waals surface area contributed by atoms with Crippen LogP contribution in [0.4, 0.5) is 0 Å². The third-order valence-corrected chi connectivity index (χ3v) is 7.33. The first kappa shape index (κ1) is 20.8. The number of rotatable bonds is 7. The topological polar surface area (TPSA) is 77.5 Å². The molecule has 0 saturated heterocycles. The molecule has 1 N–H and O–H groups in total. The Hall–Kier alpha value is -3.03. The van der Waals surface area contributed by atoms with Gasteiger partial charge in [0.05, 0.1) is 10.3 Å². The number of aromatic nitrogens is 1. The molecule has 2 heterocycles. The van der Waals surface area contributed by atoms with E-state index >= 15 is 0 Å². The minimum absolute atomic E-state index is 0.190. The fourth-order valence-electron chi connectivity index (χ4n) is 4.27. The molecule has 1 atom stereocenters. The molecule has 2 aliphatic rings. The number of pyridine rings is 1. The maximum atomic E-state index is 13.2. The summed E-state index contributed by atoms with van der Waals surface area (Å²) < 4.78 is 25.5. The lowest BCUT2D eigenvalue weighted by Crippen LogP contribution is -2.23. The Bertz CT molecular complexity index is 1220. The highest BCUT2D eigenvalue weighted by molar-refractivity contribution is 7.83. The Labute approximate surface area is 189 Å². The van der Waals surface area contributed by atoms with Crippen molar-refractivity contribution < 1.29 is 18.5 Å². The Morgan fingerprint density at radius 3 is 2.50 bits per heavy atom. The van der Waals surface area contributed by atoms with E-state index < -0.39 is 16.4 Å². The monoisotopic (exact) mass is 448 g/mol. The summed E-state index contributed by atoms with van der Waals surface area (Å²) in [5, 5.41) is 0. The zero-order valence-corrected chi connectivity index (χ0v) is 18.8. The van der Waals surface area contributed by atoms with Crippen molar-refractivity contribution in [1.82, 2.24) is 9.71 Å². The number of carbonyl (C=O) groups is 1. The van der Waals surface area contributed by atoms with E-state index in [0.717, 1.165) is 51.6 Å². The molecular weight excluding hydrogens is 424 g/mol. The SMILES string of the molecule is CNS(=O)c1ccc(-c2ccc(CC(=O)C3(c4ccc5c(c4)OCO5)CC3)nc2C)cc1. The second-order valence-corrected chi connectivity index (χ2v) is 9.60. The van der Waals surface area contributed by atoms with Gasteiger partial charge in [-0.3, -0.25) is 9.78 Å². The van der Waals surface area contributed by atoms with E-state index in [1.54, 1.807) is 7.05 Å². The smallest absolute Gasteiger partial charge is 0.231 e. The number of benzene rings is 2. The van der Waals surface area contributed by atoms with Crippen molar-refractivity contribution in [2.75, 3.05) is 13.8 Å². The molecule has 1 fully saturated rings. The Balaban J connectivity index is 1.33. The zero-order valence-electron chi connectivity index (χ0n) is 18.0. The zero-order chi connectivity index (χ0) is 22.3. The van der Waals surface area contributed by atoms with Gasteiger partial charge in [-0.05, 0) is 68.3 Å². The number of ketones is 1. The van der Waals surface area contributed by atoms with Crippen molar-refractivity contribution in [2.24, 2.45) is 0 Å². The molecule has 0 spiro atoms. The summed E-state index contributed by atoms with van der Waals surface area (Å²) in [4.78, 5) is 18.7. The maximum Gasteiger partial charge on any atom is 0.231 e. The Kier molecular flexibility index (Phi) is 5.31. The summed E-state index contributed by atoms with van der Waals surface area (Å²) in [5.41, 5.74) is 4.21. The van der Waals surface area contributed by atoms with Gasteiger partial charge in [0, 0.05) is 23.4 Å². The van der Waals surface area contributed by atoms with Crippen molar-refractivity contribution in [2.45, 2.75) is 36.5 Å². The van der Waals surface area contributed by atoms with Gasteiger partial charge in [-0.1, -0.05) is 24.3 Å². The van der Waals surface area contributed by atoms with E-state index in [1.807, 2.05) is 61.5 Å². The molecule has 3 aromatic rings. The molecule has 1 saturated carbocycles. The predicted molar refractivity (Wildman–Crippen MR) is 122 cm³/mol. The van der Waals surface area contributed by atoms with Crippen LogP contribution in [0.5, 0.6) is 11.5 Å². The van der Waals surface area contributed by atoms with Gasteiger partial charge >= 0.3 is 0 Å². The Morgan fingerprint density at radius 1 is 1.06 bits per heavy atom. The number of hydrogen-bond acceptors (Lipinski definition) is 5. The van der Waals surface area contributed by atoms with E-state index in [-0.39, 0.29) is 12.6 Å². The summed E-state index contributed by atoms with van der Waals surface area (Å²) in [6.45, 7) is 2.18. The van der Waals surface area contributed by atoms with Gasteiger partial charge in [0.2, 0.25) is 6.79 Å². The average molecular weight is 449 g/mol. The molecule has 0 bridgehead atoms. The van der Waals surface area contributed by atoms with Crippen LogP contribution in [0, 0.1) is 6.92 Å². The summed E-state index contributed by atoms with van der Waals surface area (Å²) >= 11 is 0. The molecule has 0 radical (unpaired) electrons. The maximum absolute atomic E-state index is 13.2. The van der Waals surface area contributed by atoms with E-state index in [2.05, 4.69) is 4.72 Å². The fourth-order valence-corrected chi connectivity index (χ4v) is 4.89. The number of nitrogens with zero attached hydrogens (tertiary/aromatic N) is 1. The number of nitrogens with one attached hydrogen (secondary N) is 1. The molecule has 6 nitrogen and oxygen atoms in total. The van der Waals surface area contributed by atoms with Crippen LogP contribution in [0.25, 0.3) is 11.1 Å². The van der Waals surface area contributed by atoms with Crippen LogP contribution in [0.3, 0.4) is 0 Å². The lowest BCUT2D eigenvalue weighted by Gasteiger charge is -2.15. The molecule has 32 heavy (non-hydrogen) atoms. The van der Waals surface area contributed by atoms with Crippen molar-refractivity contribution in [3.8, 4) is 22.6 Å². The van der Waals surface area contributed by atoms with Gasteiger partial charge in [0.1, 0.15) is 16.8 Å². The third-order valence-electron chi connectivity index (χ3n) is 6.26. The highest BCUT2D eigenvalue weighted by Gasteiger charge is 2.51. The highest BCUT2D eigenvalue weighted by Crippen LogP contribution is 2.51. The van der Waals surface area contributed by atoms with Crippen molar-refractivity contribution in [3.63, 3.8) is 0 Å². The summed E-state index contributed by atoms with van der Waals surface area (Å²) in [7, 11) is 0.456. The van der Waals surface area contributed by atoms with Crippen molar-refractivity contribution in [1.29, 1.82) is 0 Å². The molecule has 1 aliphatic heterocycles. The molecule has 1 unspecified atom stereocenters. The van der Waals surface area contributed by atoms with E-state index in [9.17, 15) is 9.00 Å². The minimum Gasteiger partial charge on any atom is -0.454 e. The van der Waals surface area contributed by atoms with Gasteiger partial charge < -0.3 is 9.47 Å². The van der Waals surface area contributed by atoms with E-state index in [1.165, 1.54) is 0 Å². The standard InChI is InChI=1S/C25H24N2O4S/c1-16-21(17-3-7-20(8-4-17)32(29)26-2)9-6-19(27-16)14-24(28)25(11-12-25)18-5-10-22-23(13-18)31-15-30-22/h3-10,13,26H,11-12,14-15H2,1-2H3. The van der Waals surface area contributed by atoms with E-state index in [0.29, 0.717) is 12.2 Å². The molecule has 0 amide bonds. The van der Waals surface area contributed by atoms with Gasteiger partial charge in [-0.25, -0.2) is 8.93 Å². The summed E-state index contributed by atoms with van der Waals surface area (Å²) in [5.74, 6) is 1.63. The highest BCUT2D eigenvalue weighted by atomic mass is 32.2. The minimum atomic E-state index is -1.21. The van der Waals surface area contributed by atoms with Crippen LogP contribution in [-0.2, 0) is 27.6 Å². The Morgan fingerprint density at radius 2 is 1.81 bits per heavy atom. The summed E-state index contributed by atoms with van der Waals surface area (Å²) in [6.07, 6.45) is 2.00. The van der Waals surface area contributed by atoms with Crippen molar-refractivity contribution in [3.05, 3.63) is 71.5 Å². The lowest BCUT2D eigenvalue weighted by atomic mass is 9.88. The molecule has 164 valence electrons. The molecule has 7 heteroatoms. The van der Waals surface area contributed by atoms with Crippen LogP contribution >= 0.6 is 0 Å². The third kappa shape index (κ3) is 3.72. The first-order valence-electron chi connectivity index (χ1n) is 10.6. The van der Waals surface area contributed by atoms with Crippen LogP contribution in [0.1, 0.15) is 29.8 Å². The molecule has 1 aliphatic carbocycles. The molecule has 2 aromatic carbocycles. The van der Waals surface area contributed by atoms with Crippen LogP contribution < -0.4 is 14.2 Å². The van der Waals surface area contributed by atoms with Gasteiger partial charge in [0.15, 0.2) is 11.5 Å². The average Bonchev–Trinajstić information content (AvgIpc) is 3.49.